The number of hydrogen-bond donors (Lipinski definition) is 4. The summed E-state index contributed by atoms with van der Waals surface area (Å²) in [5, 5.41) is 19.8. The molecule has 10 nitrogen and oxygen atoms in total. The molecule has 0 spiro atoms. The largest absolute Gasteiger partial charge is 0.412 e. The number of carbonyl (C=O) groups is 2. The number of ether oxygens (including phenoxy) is 2. The third kappa shape index (κ3) is 14.6. The van der Waals surface area contributed by atoms with Crippen LogP contribution in [0.1, 0.15) is 95.7 Å². The van der Waals surface area contributed by atoms with Gasteiger partial charge < -0.3 is 30.3 Å². The van der Waals surface area contributed by atoms with E-state index in [0.29, 0.717) is 0 Å². The summed E-state index contributed by atoms with van der Waals surface area (Å²) in [4.78, 5) is 38.6. The number of aliphatic hydroxyl groups is 2. The van der Waals surface area contributed by atoms with Crippen LogP contribution in [0.5, 0.6) is 0 Å². The summed E-state index contributed by atoms with van der Waals surface area (Å²) in [6, 6.07) is 23.4. The summed E-state index contributed by atoms with van der Waals surface area (Å²) < 4.78 is 10.1. The molecule has 3 aromatic rings. The fourth-order valence-electron chi connectivity index (χ4n) is 4.55. The zero-order chi connectivity index (χ0) is 39.0. The second-order valence-corrected chi connectivity index (χ2v) is 13.5. The molecule has 0 aliphatic rings. The summed E-state index contributed by atoms with van der Waals surface area (Å²) >= 11 is 0. The lowest BCUT2D eigenvalue weighted by Gasteiger charge is -2.28. The van der Waals surface area contributed by atoms with Gasteiger partial charge in [-0.3, -0.25) is 0 Å². The SMILES string of the molecule is C=C(C)c1cccc(C(C)(C)N=C=O)c1.C=C(C)c1cccc(C(C)(C)NC(=O)OCOC(=O)NC(C)(C)c2cccc(C(=C)C)c2)c1.OCO. The summed E-state index contributed by atoms with van der Waals surface area (Å²) in [6.45, 7) is 27.6. The standard InChI is InChI=1S/C27H34N2O4.C13H15NO.CH4O2/c1-18(2)20-11-9-13-22(15-20)26(5,6)28-24(30)32-17-33-25(31)29-27(7,8)23-14-10-12-21(16-23)19(3)4;1-10(2)11-6-5-7-12(8-11)13(3,4)14-9-15;2-1-3/h9-16H,1,3,17H2,2,4-8H3,(H,28,30)(H,29,31);5-8H,1H2,2-4H3;2-3H,1H2. The molecule has 2 amide bonds. The second kappa shape index (κ2) is 19.8. The maximum Gasteiger partial charge on any atom is 0.410 e. The molecule has 0 aliphatic carbocycles. The van der Waals surface area contributed by atoms with Crippen LogP contribution >= 0.6 is 0 Å². The Morgan fingerprint density at radius 1 is 0.667 bits per heavy atom. The van der Waals surface area contributed by atoms with Gasteiger partial charge in [-0.1, -0.05) is 91.1 Å². The Hall–Kier alpha value is -5.28. The zero-order valence-corrected chi connectivity index (χ0v) is 31.3. The molecule has 0 saturated carbocycles. The van der Waals surface area contributed by atoms with Crippen molar-refractivity contribution in [1.29, 1.82) is 0 Å². The van der Waals surface area contributed by atoms with Crippen molar-refractivity contribution in [2.75, 3.05) is 13.6 Å². The normalized spacial score (nSPS) is 10.8. The van der Waals surface area contributed by atoms with Gasteiger partial charge in [0.05, 0.1) is 16.6 Å². The van der Waals surface area contributed by atoms with Gasteiger partial charge in [-0.25, -0.2) is 14.4 Å². The number of amides is 2. The van der Waals surface area contributed by atoms with Crippen molar-refractivity contribution in [3.8, 4) is 0 Å². The van der Waals surface area contributed by atoms with E-state index in [1.54, 1.807) is 6.08 Å². The summed E-state index contributed by atoms with van der Waals surface area (Å²) in [6.07, 6.45) is 0.222. The minimum atomic E-state index is -0.750. The molecule has 3 rings (SSSR count). The first kappa shape index (κ1) is 43.7. The number of nitrogens with zero attached hydrogens (tertiary/aromatic N) is 1. The van der Waals surface area contributed by atoms with E-state index in [1.807, 2.05) is 135 Å². The molecular weight excluding hydrogens is 646 g/mol. The molecule has 0 aromatic heterocycles. The average molecular weight is 700 g/mol. The van der Waals surface area contributed by atoms with Gasteiger partial charge in [0.25, 0.3) is 0 Å². The maximum atomic E-state index is 12.3. The van der Waals surface area contributed by atoms with Gasteiger partial charge in [0.15, 0.2) is 0 Å². The number of hydrogen-bond acceptors (Lipinski definition) is 8. The lowest BCUT2D eigenvalue weighted by molar-refractivity contribution is 0.0184. The zero-order valence-electron chi connectivity index (χ0n) is 31.3. The molecule has 0 bridgehead atoms. The average Bonchev–Trinajstić information content (AvgIpc) is 3.05. The van der Waals surface area contributed by atoms with Gasteiger partial charge in [-0.2, -0.15) is 4.99 Å². The van der Waals surface area contributed by atoms with E-state index in [4.69, 9.17) is 19.7 Å². The van der Waals surface area contributed by atoms with E-state index in [1.165, 1.54) is 0 Å². The number of allylic oxidation sites excluding steroid dienone is 3. The van der Waals surface area contributed by atoms with Gasteiger partial charge in [-0.15, -0.1) is 0 Å². The molecule has 0 atom stereocenters. The first-order valence-corrected chi connectivity index (χ1v) is 16.2. The minimum Gasteiger partial charge on any atom is -0.412 e. The third-order valence-electron chi connectivity index (χ3n) is 7.75. The Bertz CT molecular complexity index is 1650. The highest BCUT2D eigenvalue weighted by Crippen LogP contribution is 2.27. The summed E-state index contributed by atoms with van der Waals surface area (Å²) in [5.41, 5.74) is 6.81. The van der Waals surface area contributed by atoms with E-state index in [-0.39, 0.29) is 0 Å². The number of nitrogens with one attached hydrogen (secondary N) is 2. The first-order chi connectivity index (χ1) is 23.7. The predicted molar refractivity (Wildman–Crippen MR) is 204 cm³/mol. The highest BCUT2D eigenvalue weighted by atomic mass is 16.7. The fraction of sp³-hybridized carbons (Fsp3) is 0.341. The number of aliphatic imine (C=N–C) groups is 1. The molecule has 0 radical (unpaired) electrons. The van der Waals surface area contributed by atoms with E-state index >= 15 is 0 Å². The van der Waals surface area contributed by atoms with Gasteiger partial charge >= 0.3 is 12.2 Å². The number of rotatable bonds is 11. The van der Waals surface area contributed by atoms with Crippen molar-refractivity contribution in [1.82, 2.24) is 10.6 Å². The Morgan fingerprint density at radius 2 is 0.980 bits per heavy atom. The quantitative estimate of drug-likeness (QED) is 0.0891. The third-order valence-corrected chi connectivity index (χ3v) is 7.75. The Labute approximate surface area is 302 Å². The number of aliphatic hydroxyl groups excluding tert-OH is 1. The number of isocyanates is 1. The van der Waals surface area contributed by atoms with Gasteiger partial charge in [0, 0.05) is 0 Å². The van der Waals surface area contributed by atoms with Crippen LogP contribution in [0, 0.1) is 0 Å². The summed E-state index contributed by atoms with van der Waals surface area (Å²) in [5.74, 6) is 0. The Balaban J connectivity index is 0.000000599. The number of alkyl carbamates (subject to hydrolysis) is 2. The predicted octanol–water partition coefficient (Wildman–Crippen LogP) is 8.55. The van der Waals surface area contributed by atoms with Crippen LogP contribution in [0.2, 0.25) is 0 Å². The Morgan fingerprint density at radius 3 is 1.29 bits per heavy atom. The molecule has 51 heavy (non-hydrogen) atoms. The topological polar surface area (TPSA) is 147 Å². The van der Waals surface area contributed by atoms with Crippen LogP contribution < -0.4 is 10.6 Å². The van der Waals surface area contributed by atoms with Crippen molar-refractivity contribution in [3.05, 3.63) is 126 Å². The molecule has 3 aromatic carbocycles. The molecule has 274 valence electrons. The maximum absolute atomic E-state index is 12.3. The first-order valence-electron chi connectivity index (χ1n) is 16.2. The van der Waals surface area contributed by atoms with Crippen molar-refractivity contribution in [2.45, 2.75) is 78.9 Å². The Kier molecular flexibility index (Phi) is 17.0. The lowest BCUT2D eigenvalue weighted by Crippen LogP contribution is -2.43. The smallest absolute Gasteiger partial charge is 0.410 e. The lowest BCUT2D eigenvalue weighted by atomic mass is 9.92. The van der Waals surface area contributed by atoms with Crippen molar-refractivity contribution >= 4 is 35.0 Å². The molecule has 0 fully saturated rings. The number of benzene rings is 3. The van der Waals surface area contributed by atoms with Crippen LogP contribution in [0.4, 0.5) is 9.59 Å². The van der Waals surface area contributed by atoms with E-state index in [9.17, 15) is 14.4 Å². The fourth-order valence-corrected chi connectivity index (χ4v) is 4.55. The molecule has 0 heterocycles. The molecule has 10 heteroatoms. The van der Waals surface area contributed by atoms with Crippen molar-refractivity contribution in [3.63, 3.8) is 0 Å². The minimum absolute atomic E-state index is 0.512. The number of carbonyl (C=O) groups excluding carboxylic acids is 3. The van der Waals surface area contributed by atoms with Crippen LogP contribution in [-0.2, 0) is 30.9 Å². The molecular formula is C41H53N3O7. The van der Waals surface area contributed by atoms with Gasteiger partial charge in [-0.05, 0) is 114 Å². The molecule has 0 unspecified atom stereocenters. The van der Waals surface area contributed by atoms with Crippen molar-refractivity contribution in [2.24, 2.45) is 4.99 Å². The van der Waals surface area contributed by atoms with Crippen LogP contribution in [0.3, 0.4) is 0 Å². The van der Waals surface area contributed by atoms with Gasteiger partial charge in [0.2, 0.25) is 12.9 Å². The van der Waals surface area contributed by atoms with Crippen LogP contribution in [-0.4, -0.2) is 42.1 Å². The summed E-state index contributed by atoms with van der Waals surface area (Å²) in [7, 11) is 0. The van der Waals surface area contributed by atoms with E-state index < -0.39 is 42.4 Å². The highest BCUT2D eigenvalue weighted by molar-refractivity contribution is 5.71. The van der Waals surface area contributed by atoms with Crippen LogP contribution in [0.25, 0.3) is 16.7 Å². The molecule has 0 aliphatic heterocycles. The van der Waals surface area contributed by atoms with Crippen LogP contribution in [0.15, 0.2) is 97.5 Å². The highest BCUT2D eigenvalue weighted by Gasteiger charge is 2.26. The van der Waals surface area contributed by atoms with Crippen molar-refractivity contribution < 1.29 is 34.1 Å². The monoisotopic (exact) mass is 699 g/mol. The molecule has 4 N–H and O–H groups in total. The molecule has 0 saturated heterocycles. The van der Waals surface area contributed by atoms with E-state index in [0.717, 1.165) is 50.1 Å². The second-order valence-electron chi connectivity index (χ2n) is 13.5. The van der Waals surface area contributed by atoms with E-state index in [2.05, 4.69) is 35.4 Å². The van der Waals surface area contributed by atoms with Gasteiger partial charge in [0.1, 0.15) is 6.79 Å².